The summed E-state index contributed by atoms with van der Waals surface area (Å²) >= 11 is 1.03. The Kier molecular flexibility index (Phi) is 3.11. The lowest BCUT2D eigenvalue weighted by atomic mass is 9.86. The zero-order chi connectivity index (χ0) is 11.7. The predicted molar refractivity (Wildman–Crippen MR) is 57.8 cm³/mol. The number of nitrogens with one attached hydrogen (secondary N) is 1. The molecule has 0 aliphatic heterocycles. The van der Waals surface area contributed by atoms with Crippen LogP contribution in [0.5, 0.6) is 0 Å². The van der Waals surface area contributed by atoms with Crippen molar-refractivity contribution in [2.45, 2.75) is 38.8 Å². The Balaban J connectivity index is 2.75. The normalized spacial score (nSPS) is 12.6. The molecule has 5 nitrogen and oxygen atoms in total. The zero-order valence-electron chi connectivity index (χ0n) is 9.24. The van der Waals surface area contributed by atoms with Gasteiger partial charge >= 0.3 is 0 Å². The first-order valence-electron chi connectivity index (χ1n) is 4.56. The number of rotatable bonds is 3. The van der Waals surface area contributed by atoms with Gasteiger partial charge in [0.1, 0.15) is 4.88 Å². The number of hydrogen-bond acceptors (Lipinski definition) is 5. The van der Waals surface area contributed by atoms with E-state index >= 15 is 0 Å². The molecule has 0 spiro atoms. The van der Waals surface area contributed by atoms with Crippen LogP contribution in [0.2, 0.25) is 0 Å². The van der Waals surface area contributed by atoms with Gasteiger partial charge in [0.15, 0.2) is 0 Å². The Morgan fingerprint density at radius 1 is 1.47 bits per heavy atom. The van der Waals surface area contributed by atoms with Gasteiger partial charge in [-0.2, -0.15) is 0 Å². The van der Waals surface area contributed by atoms with E-state index in [2.05, 4.69) is 14.9 Å². The molecule has 0 radical (unpaired) electrons. The van der Waals surface area contributed by atoms with E-state index in [-0.39, 0.29) is 5.91 Å². The lowest BCUT2D eigenvalue weighted by Gasteiger charge is -2.37. The molecule has 15 heavy (non-hydrogen) atoms. The first kappa shape index (κ1) is 12.1. The monoisotopic (exact) mass is 229 g/mol. The van der Waals surface area contributed by atoms with E-state index in [9.17, 15) is 9.90 Å². The van der Waals surface area contributed by atoms with Crippen LogP contribution in [0, 0.1) is 0 Å². The van der Waals surface area contributed by atoms with Gasteiger partial charge in [-0.15, -0.1) is 5.10 Å². The third kappa shape index (κ3) is 2.73. The van der Waals surface area contributed by atoms with E-state index in [4.69, 9.17) is 0 Å². The zero-order valence-corrected chi connectivity index (χ0v) is 10.1. The summed E-state index contributed by atoms with van der Waals surface area (Å²) in [6, 6.07) is 0. The number of aliphatic hydroxyl groups is 1. The highest BCUT2D eigenvalue weighted by Gasteiger charge is 2.36. The lowest BCUT2D eigenvalue weighted by Crippen LogP contribution is -2.57. The van der Waals surface area contributed by atoms with Crippen LogP contribution in [0.15, 0.2) is 6.20 Å². The maximum atomic E-state index is 11.7. The molecule has 0 unspecified atom stereocenters. The Bertz CT molecular complexity index is 341. The fraction of sp³-hybridized carbons (Fsp3) is 0.667. The number of carbonyl (C=O) groups is 1. The predicted octanol–water partition coefficient (Wildman–Crippen LogP) is 0.817. The summed E-state index contributed by atoms with van der Waals surface area (Å²) in [5, 5.41) is 16.2. The highest BCUT2D eigenvalue weighted by atomic mass is 32.1. The maximum Gasteiger partial charge on any atom is 0.265 e. The van der Waals surface area contributed by atoms with Crippen molar-refractivity contribution in [3.8, 4) is 0 Å². The summed E-state index contributed by atoms with van der Waals surface area (Å²) in [6.45, 7) is 6.83. The fourth-order valence-corrected chi connectivity index (χ4v) is 1.18. The van der Waals surface area contributed by atoms with Gasteiger partial charge in [-0.05, 0) is 39.2 Å². The van der Waals surface area contributed by atoms with Crippen molar-refractivity contribution < 1.29 is 9.90 Å². The highest BCUT2D eigenvalue weighted by molar-refractivity contribution is 7.07. The van der Waals surface area contributed by atoms with Crippen LogP contribution in [0.25, 0.3) is 0 Å². The molecule has 1 heterocycles. The molecule has 0 aromatic carbocycles. The summed E-state index contributed by atoms with van der Waals surface area (Å²) in [7, 11) is 0. The third-order valence-electron chi connectivity index (χ3n) is 2.54. The summed E-state index contributed by atoms with van der Waals surface area (Å²) in [5.74, 6) is -0.267. The second-order valence-corrected chi connectivity index (χ2v) is 5.21. The smallest absolute Gasteiger partial charge is 0.265 e. The van der Waals surface area contributed by atoms with Crippen LogP contribution in [0.1, 0.15) is 37.4 Å². The number of amides is 1. The van der Waals surface area contributed by atoms with Crippen molar-refractivity contribution in [1.29, 1.82) is 0 Å². The molecular weight excluding hydrogens is 214 g/mol. The van der Waals surface area contributed by atoms with Crippen molar-refractivity contribution in [1.82, 2.24) is 14.9 Å². The maximum absolute atomic E-state index is 11.7. The van der Waals surface area contributed by atoms with Crippen LogP contribution in [0.4, 0.5) is 0 Å². The number of nitrogens with zero attached hydrogens (tertiary/aromatic N) is 2. The summed E-state index contributed by atoms with van der Waals surface area (Å²) in [4.78, 5) is 12.1. The van der Waals surface area contributed by atoms with Gasteiger partial charge in [0.05, 0.1) is 17.3 Å². The molecule has 84 valence electrons. The average molecular weight is 229 g/mol. The van der Waals surface area contributed by atoms with E-state index in [1.54, 1.807) is 27.7 Å². The van der Waals surface area contributed by atoms with Gasteiger partial charge < -0.3 is 10.4 Å². The summed E-state index contributed by atoms with van der Waals surface area (Å²) in [5.41, 5.74) is -1.71. The molecule has 0 fully saturated rings. The van der Waals surface area contributed by atoms with E-state index in [1.807, 2.05) is 0 Å². The topological polar surface area (TPSA) is 75.1 Å². The van der Waals surface area contributed by atoms with Crippen molar-refractivity contribution in [2.75, 3.05) is 0 Å². The standard InChI is InChI=1S/C9H15N3O2S/c1-8(2,9(3,4)14)11-7(13)6-5-10-12-15-6/h5,14H,1-4H3,(H,11,13). The molecule has 0 saturated carbocycles. The van der Waals surface area contributed by atoms with Crippen LogP contribution in [-0.2, 0) is 0 Å². The molecule has 1 amide bonds. The largest absolute Gasteiger partial charge is 0.388 e. The molecule has 1 aromatic heterocycles. The first-order valence-corrected chi connectivity index (χ1v) is 5.33. The molecule has 6 heteroatoms. The van der Waals surface area contributed by atoms with E-state index in [1.165, 1.54) is 6.20 Å². The summed E-state index contributed by atoms with van der Waals surface area (Å²) < 4.78 is 3.60. The van der Waals surface area contributed by atoms with Gasteiger partial charge in [-0.3, -0.25) is 4.79 Å². The number of hydrogen-bond donors (Lipinski definition) is 2. The molecular formula is C9H15N3O2S. The quantitative estimate of drug-likeness (QED) is 0.804. The SMILES string of the molecule is CC(C)(O)C(C)(C)NC(=O)c1cnns1. The minimum absolute atomic E-state index is 0.267. The fourth-order valence-electron chi connectivity index (χ4n) is 0.766. The van der Waals surface area contributed by atoms with Crippen LogP contribution < -0.4 is 5.32 Å². The Hall–Kier alpha value is -1.01. The summed E-state index contributed by atoms with van der Waals surface area (Å²) in [6.07, 6.45) is 1.40. The lowest BCUT2D eigenvalue weighted by molar-refractivity contribution is -0.00285. The molecule has 1 rings (SSSR count). The van der Waals surface area contributed by atoms with E-state index in [0.717, 1.165) is 11.5 Å². The number of carbonyl (C=O) groups excluding carboxylic acids is 1. The second-order valence-electron chi connectivity index (χ2n) is 4.42. The van der Waals surface area contributed by atoms with Crippen LogP contribution >= 0.6 is 11.5 Å². The van der Waals surface area contributed by atoms with Gasteiger partial charge in [-0.1, -0.05) is 4.49 Å². The van der Waals surface area contributed by atoms with Gasteiger partial charge in [-0.25, -0.2) is 0 Å². The van der Waals surface area contributed by atoms with Crippen molar-refractivity contribution >= 4 is 17.4 Å². The van der Waals surface area contributed by atoms with Crippen molar-refractivity contribution in [2.24, 2.45) is 0 Å². The van der Waals surface area contributed by atoms with Crippen molar-refractivity contribution in [3.05, 3.63) is 11.1 Å². The highest BCUT2D eigenvalue weighted by Crippen LogP contribution is 2.21. The molecule has 2 N–H and O–H groups in total. The van der Waals surface area contributed by atoms with Crippen molar-refractivity contribution in [3.63, 3.8) is 0 Å². The molecule has 0 saturated heterocycles. The van der Waals surface area contributed by atoms with E-state index < -0.39 is 11.1 Å². The minimum Gasteiger partial charge on any atom is -0.388 e. The Morgan fingerprint density at radius 2 is 2.07 bits per heavy atom. The molecule has 0 aliphatic carbocycles. The van der Waals surface area contributed by atoms with Gasteiger partial charge in [0.2, 0.25) is 0 Å². The molecule has 1 aromatic rings. The number of aromatic nitrogens is 2. The van der Waals surface area contributed by atoms with Crippen LogP contribution in [0.3, 0.4) is 0 Å². The van der Waals surface area contributed by atoms with Crippen LogP contribution in [-0.4, -0.2) is 31.7 Å². The third-order valence-corrected chi connectivity index (χ3v) is 3.20. The first-order chi connectivity index (χ1) is 6.74. The minimum atomic E-state index is -0.999. The average Bonchev–Trinajstić information content (AvgIpc) is 2.51. The molecule has 0 bridgehead atoms. The molecule has 0 aliphatic rings. The Labute approximate surface area is 92.7 Å². The van der Waals surface area contributed by atoms with Gasteiger partial charge in [0, 0.05) is 0 Å². The van der Waals surface area contributed by atoms with E-state index in [0.29, 0.717) is 4.88 Å². The van der Waals surface area contributed by atoms with Gasteiger partial charge in [0.25, 0.3) is 5.91 Å². The second kappa shape index (κ2) is 3.86. The molecule has 0 atom stereocenters. The Morgan fingerprint density at radius 3 is 2.47 bits per heavy atom.